The highest BCUT2D eigenvalue weighted by Crippen LogP contribution is 2.22. The number of hydrazone groups is 1. The first-order valence-electron chi connectivity index (χ1n) is 11.0. The van der Waals surface area contributed by atoms with Crippen molar-refractivity contribution in [3.8, 4) is 0 Å². The second-order valence-electron chi connectivity index (χ2n) is 7.90. The number of hydrogen-bond acceptors (Lipinski definition) is 7. The van der Waals surface area contributed by atoms with Crippen LogP contribution < -0.4 is 15.6 Å². The first-order chi connectivity index (χ1) is 15.8. The normalized spacial score (nSPS) is 14.2. The lowest BCUT2D eigenvalue weighted by molar-refractivity contribution is 0.568. The summed E-state index contributed by atoms with van der Waals surface area (Å²) in [6, 6.07) is 18.1. The van der Waals surface area contributed by atoms with Crippen LogP contribution in [0.4, 0.5) is 23.5 Å². The van der Waals surface area contributed by atoms with Crippen LogP contribution in [0.2, 0.25) is 0 Å². The topological polar surface area (TPSA) is 94.1 Å². The summed E-state index contributed by atoms with van der Waals surface area (Å²) in [5, 5.41) is 8.84. The second-order valence-corrected chi connectivity index (χ2v) is 7.90. The third-order valence-corrected chi connectivity index (χ3v) is 5.59. The molecule has 2 aromatic heterocycles. The van der Waals surface area contributed by atoms with Gasteiger partial charge in [-0.3, -0.25) is 0 Å². The molecule has 1 aliphatic heterocycles. The molecule has 0 aliphatic carbocycles. The first-order valence-corrected chi connectivity index (χ1v) is 11.0. The molecule has 1 fully saturated rings. The van der Waals surface area contributed by atoms with E-state index in [0.29, 0.717) is 17.8 Å². The quantitative estimate of drug-likeness (QED) is 0.302. The zero-order valence-electron chi connectivity index (χ0n) is 18.0. The number of fused-ring (bicyclic) bond motifs is 1. The molecule has 8 heteroatoms. The average Bonchev–Trinajstić information content (AvgIpc) is 3.15. The van der Waals surface area contributed by atoms with E-state index in [4.69, 9.17) is 0 Å². The predicted octanol–water partition coefficient (Wildman–Crippen LogP) is 4.84. The van der Waals surface area contributed by atoms with Gasteiger partial charge in [0.15, 0.2) is 0 Å². The fraction of sp³-hybridized carbons (Fsp3) is 0.250. The molecule has 1 saturated heterocycles. The maximum atomic E-state index is 4.66. The van der Waals surface area contributed by atoms with E-state index in [1.165, 1.54) is 6.42 Å². The smallest absolute Gasteiger partial charge is 0.250 e. The lowest BCUT2D eigenvalue weighted by Crippen LogP contribution is -2.31. The van der Waals surface area contributed by atoms with Crippen LogP contribution in [0.15, 0.2) is 59.7 Å². The van der Waals surface area contributed by atoms with Gasteiger partial charge in [-0.05, 0) is 44.4 Å². The third kappa shape index (κ3) is 4.39. The highest BCUT2D eigenvalue weighted by Gasteiger charge is 2.16. The first kappa shape index (κ1) is 20.0. The number of aromatic amines is 1. The lowest BCUT2D eigenvalue weighted by atomic mass is 10.1. The van der Waals surface area contributed by atoms with Crippen LogP contribution in [0.25, 0.3) is 10.9 Å². The molecular formula is C24H26N8. The number of nitrogens with one attached hydrogen (secondary N) is 3. The number of anilines is 4. The zero-order chi connectivity index (χ0) is 21.8. The average molecular weight is 427 g/mol. The maximum absolute atomic E-state index is 4.66. The van der Waals surface area contributed by atoms with Gasteiger partial charge < -0.3 is 15.2 Å². The molecular weight excluding hydrogens is 400 g/mol. The van der Waals surface area contributed by atoms with E-state index in [1.54, 1.807) is 0 Å². The summed E-state index contributed by atoms with van der Waals surface area (Å²) in [4.78, 5) is 19.4. The summed E-state index contributed by atoms with van der Waals surface area (Å²) in [5.74, 6) is 1.57. The molecule has 3 N–H and O–H groups in total. The number of rotatable bonds is 6. The Labute approximate surface area is 186 Å². The van der Waals surface area contributed by atoms with E-state index >= 15 is 0 Å². The third-order valence-electron chi connectivity index (χ3n) is 5.59. The molecule has 0 spiro atoms. The van der Waals surface area contributed by atoms with E-state index in [-0.39, 0.29) is 0 Å². The van der Waals surface area contributed by atoms with Crippen LogP contribution in [0, 0.1) is 6.92 Å². The SMILES string of the molecule is Cc1[nH]c2ccccc2c1/C=N/Nc1nc(Nc2ccccc2)nc(N2CCCCC2)n1. The van der Waals surface area contributed by atoms with Crippen molar-refractivity contribution in [1.82, 2.24) is 19.9 Å². The van der Waals surface area contributed by atoms with Gasteiger partial charge in [0.05, 0.1) is 6.21 Å². The molecule has 0 amide bonds. The maximum Gasteiger partial charge on any atom is 0.250 e. The summed E-state index contributed by atoms with van der Waals surface area (Å²) in [6.45, 7) is 3.94. The number of aryl methyl sites for hydroxylation is 1. The zero-order valence-corrected chi connectivity index (χ0v) is 18.0. The Balaban J connectivity index is 1.42. The molecule has 0 unspecified atom stereocenters. The highest BCUT2D eigenvalue weighted by molar-refractivity contribution is 6.00. The van der Waals surface area contributed by atoms with E-state index in [9.17, 15) is 0 Å². The summed E-state index contributed by atoms with van der Waals surface area (Å²) in [5.41, 5.74) is 7.13. The number of nitrogens with zero attached hydrogens (tertiary/aromatic N) is 5. The van der Waals surface area contributed by atoms with Crippen molar-refractivity contribution in [1.29, 1.82) is 0 Å². The van der Waals surface area contributed by atoms with Crippen LogP contribution in [0.1, 0.15) is 30.5 Å². The standard InChI is InChI=1S/C24H26N8/c1-17-20(19-12-6-7-13-21(19)26-17)16-25-31-23-28-22(27-18-10-4-2-5-11-18)29-24(30-23)32-14-8-3-9-15-32/h2,4-7,10-13,16,26H,3,8-9,14-15H2,1H3,(H2,27,28,29,30,31)/b25-16+. The molecule has 8 nitrogen and oxygen atoms in total. The van der Waals surface area contributed by atoms with Crippen LogP contribution in [-0.2, 0) is 0 Å². The van der Waals surface area contributed by atoms with Crippen molar-refractivity contribution in [2.75, 3.05) is 28.7 Å². The molecule has 1 aliphatic rings. The molecule has 2 aromatic carbocycles. The van der Waals surface area contributed by atoms with Crippen molar-refractivity contribution in [3.05, 3.63) is 65.9 Å². The molecule has 162 valence electrons. The van der Waals surface area contributed by atoms with E-state index < -0.39 is 0 Å². The van der Waals surface area contributed by atoms with Crippen LogP contribution >= 0.6 is 0 Å². The van der Waals surface area contributed by atoms with Gasteiger partial charge in [0, 0.05) is 40.9 Å². The number of benzene rings is 2. The fourth-order valence-electron chi connectivity index (χ4n) is 3.98. The minimum absolute atomic E-state index is 0.410. The van der Waals surface area contributed by atoms with E-state index in [0.717, 1.165) is 53.8 Å². The van der Waals surface area contributed by atoms with Crippen LogP contribution in [0.3, 0.4) is 0 Å². The molecule has 4 aromatic rings. The second kappa shape index (κ2) is 9.05. The Bertz CT molecular complexity index is 1230. The monoisotopic (exact) mass is 426 g/mol. The summed E-state index contributed by atoms with van der Waals surface area (Å²) in [6.07, 6.45) is 5.35. The van der Waals surface area contributed by atoms with Gasteiger partial charge >= 0.3 is 0 Å². The summed E-state index contributed by atoms with van der Waals surface area (Å²) >= 11 is 0. The highest BCUT2D eigenvalue weighted by atomic mass is 15.4. The Hall–Kier alpha value is -3.94. The predicted molar refractivity (Wildman–Crippen MR) is 130 cm³/mol. The lowest BCUT2D eigenvalue weighted by Gasteiger charge is -2.26. The Kier molecular flexibility index (Phi) is 5.65. The van der Waals surface area contributed by atoms with E-state index in [2.05, 4.69) is 52.8 Å². The Morgan fingerprint density at radius 3 is 2.50 bits per heavy atom. The number of para-hydroxylation sites is 2. The molecule has 5 rings (SSSR count). The fourth-order valence-corrected chi connectivity index (χ4v) is 3.98. The van der Waals surface area contributed by atoms with Gasteiger partial charge in [-0.15, -0.1) is 0 Å². The largest absolute Gasteiger partial charge is 0.358 e. The number of hydrogen-bond donors (Lipinski definition) is 3. The van der Waals surface area contributed by atoms with Gasteiger partial charge in [0.2, 0.25) is 17.8 Å². The van der Waals surface area contributed by atoms with Crippen molar-refractivity contribution in [2.24, 2.45) is 5.10 Å². The van der Waals surface area contributed by atoms with Crippen molar-refractivity contribution in [2.45, 2.75) is 26.2 Å². The van der Waals surface area contributed by atoms with Crippen molar-refractivity contribution < 1.29 is 0 Å². The number of H-pyrrole nitrogens is 1. The Morgan fingerprint density at radius 2 is 1.66 bits per heavy atom. The minimum Gasteiger partial charge on any atom is -0.358 e. The molecule has 0 bridgehead atoms. The summed E-state index contributed by atoms with van der Waals surface area (Å²) < 4.78 is 0. The molecule has 32 heavy (non-hydrogen) atoms. The number of aromatic nitrogens is 4. The van der Waals surface area contributed by atoms with Gasteiger partial charge in [0.1, 0.15) is 0 Å². The Morgan fingerprint density at radius 1 is 0.906 bits per heavy atom. The van der Waals surface area contributed by atoms with Gasteiger partial charge in [0.25, 0.3) is 0 Å². The van der Waals surface area contributed by atoms with Gasteiger partial charge in [-0.1, -0.05) is 36.4 Å². The van der Waals surface area contributed by atoms with E-state index in [1.807, 2.05) is 55.6 Å². The van der Waals surface area contributed by atoms with Crippen molar-refractivity contribution >= 4 is 40.6 Å². The van der Waals surface area contributed by atoms with Crippen LogP contribution in [0.5, 0.6) is 0 Å². The van der Waals surface area contributed by atoms with Gasteiger partial charge in [-0.2, -0.15) is 20.1 Å². The molecule has 0 radical (unpaired) electrons. The van der Waals surface area contributed by atoms with Gasteiger partial charge in [-0.25, -0.2) is 5.43 Å². The number of piperidine rings is 1. The summed E-state index contributed by atoms with van der Waals surface area (Å²) in [7, 11) is 0. The molecule has 0 atom stereocenters. The minimum atomic E-state index is 0.410. The van der Waals surface area contributed by atoms with Crippen molar-refractivity contribution in [3.63, 3.8) is 0 Å². The molecule has 0 saturated carbocycles. The molecule has 3 heterocycles. The van der Waals surface area contributed by atoms with Crippen LogP contribution in [-0.4, -0.2) is 39.2 Å².